The Balaban J connectivity index is 2.06. The number of rotatable bonds is 6. The van der Waals surface area contributed by atoms with Crippen molar-refractivity contribution in [2.24, 2.45) is 0 Å². The molecule has 0 aliphatic carbocycles. The van der Waals surface area contributed by atoms with Crippen molar-refractivity contribution in [1.29, 1.82) is 0 Å². The van der Waals surface area contributed by atoms with Crippen LogP contribution in [0.5, 0.6) is 11.5 Å². The van der Waals surface area contributed by atoms with E-state index in [2.05, 4.69) is 14.9 Å². The van der Waals surface area contributed by atoms with Crippen molar-refractivity contribution in [3.63, 3.8) is 0 Å². The van der Waals surface area contributed by atoms with Crippen molar-refractivity contribution in [3.8, 4) is 11.5 Å². The molecule has 2 rings (SSSR count). The lowest BCUT2D eigenvalue weighted by molar-refractivity contribution is 0.267. The molecule has 0 bridgehead atoms. The third kappa shape index (κ3) is 2.89. The topological polar surface area (TPSA) is 56.3 Å². The maximum Gasteiger partial charge on any atom is 0.161 e. The summed E-state index contributed by atoms with van der Waals surface area (Å²) in [5.41, 5.74) is 0.800. The van der Waals surface area contributed by atoms with Gasteiger partial charge in [0.15, 0.2) is 11.5 Å². The largest absolute Gasteiger partial charge is 0.490 e. The van der Waals surface area contributed by atoms with E-state index < -0.39 is 0 Å². The summed E-state index contributed by atoms with van der Waals surface area (Å²) >= 11 is 1.32. The van der Waals surface area contributed by atoms with Crippen molar-refractivity contribution in [2.45, 2.75) is 13.5 Å². The van der Waals surface area contributed by atoms with Crippen LogP contribution in [-0.2, 0) is 6.61 Å². The third-order valence-electron chi connectivity index (χ3n) is 2.30. The average molecular weight is 265 g/mol. The second kappa shape index (κ2) is 6.20. The summed E-state index contributed by atoms with van der Waals surface area (Å²) < 4.78 is 15.1. The highest BCUT2D eigenvalue weighted by molar-refractivity contribution is 7.10. The average Bonchev–Trinajstić information content (AvgIpc) is 2.85. The van der Waals surface area contributed by atoms with Gasteiger partial charge in [-0.1, -0.05) is 16.6 Å². The number of aromatic nitrogens is 2. The van der Waals surface area contributed by atoms with Crippen LogP contribution in [0.25, 0.3) is 0 Å². The Bertz CT molecular complexity index is 502. The van der Waals surface area contributed by atoms with Crippen LogP contribution in [-0.4, -0.2) is 23.2 Å². The van der Waals surface area contributed by atoms with E-state index in [4.69, 9.17) is 9.47 Å². The van der Waals surface area contributed by atoms with E-state index in [-0.39, 0.29) is 0 Å². The van der Waals surface area contributed by atoms with E-state index in [0.29, 0.717) is 13.2 Å². The van der Waals surface area contributed by atoms with Crippen LogP contribution in [0.2, 0.25) is 0 Å². The van der Waals surface area contributed by atoms with Gasteiger partial charge in [0.05, 0.1) is 6.61 Å². The lowest BCUT2D eigenvalue weighted by Gasteiger charge is -2.10. The number of ether oxygens (including phenoxy) is 2. The monoisotopic (exact) mass is 265 g/mol. The number of para-hydroxylation sites is 2. The minimum absolute atomic E-state index is 0.372. The minimum atomic E-state index is 0.372. The molecule has 96 valence electrons. The van der Waals surface area contributed by atoms with Gasteiger partial charge in [0.1, 0.15) is 17.3 Å². The zero-order valence-corrected chi connectivity index (χ0v) is 11.2. The minimum Gasteiger partial charge on any atom is -0.490 e. The first kappa shape index (κ1) is 12.6. The highest BCUT2D eigenvalue weighted by Gasteiger charge is 2.09. The molecule has 0 unspecified atom stereocenters. The van der Waals surface area contributed by atoms with Crippen molar-refractivity contribution in [1.82, 2.24) is 9.59 Å². The van der Waals surface area contributed by atoms with E-state index in [0.717, 1.165) is 22.2 Å². The number of hydrogen-bond acceptors (Lipinski definition) is 6. The Morgan fingerprint density at radius 2 is 1.94 bits per heavy atom. The molecular weight excluding hydrogens is 250 g/mol. The van der Waals surface area contributed by atoms with Crippen molar-refractivity contribution in [2.75, 3.05) is 19.0 Å². The molecule has 0 saturated carbocycles. The summed E-state index contributed by atoms with van der Waals surface area (Å²) in [6.45, 7) is 2.93. The van der Waals surface area contributed by atoms with E-state index >= 15 is 0 Å². The van der Waals surface area contributed by atoms with Crippen molar-refractivity contribution in [3.05, 3.63) is 30.0 Å². The smallest absolute Gasteiger partial charge is 0.161 e. The van der Waals surface area contributed by atoms with E-state index in [1.807, 2.05) is 38.2 Å². The van der Waals surface area contributed by atoms with Crippen molar-refractivity contribution < 1.29 is 9.47 Å². The SMILES string of the molecule is CCOc1ccccc1OCc1nnsc1NC. The molecule has 6 heteroatoms. The quantitative estimate of drug-likeness (QED) is 0.870. The molecule has 0 saturated heterocycles. The summed E-state index contributed by atoms with van der Waals surface area (Å²) in [5, 5.41) is 7.97. The summed E-state index contributed by atoms with van der Waals surface area (Å²) in [5.74, 6) is 1.46. The number of hydrogen-bond donors (Lipinski definition) is 1. The van der Waals surface area contributed by atoms with Crippen molar-refractivity contribution >= 4 is 16.5 Å². The van der Waals surface area contributed by atoms with Gasteiger partial charge in [-0.3, -0.25) is 0 Å². The Morgan fingerprint density at radius 1 is 1.22 bits per heavy atom. The van der Waals surface area contributed by atoms with Crippen LogP contribution < -0.4 is 14.8 Å². The maximum absolute atomic E-state index is 5.72. The van der Waals surface area contributed by atoms with Crippen LogP contribution in [0.1, 0.15) is 12.6 Å². The molecule has 2 aromatic rings. The predicted octanol–water partition coefficient (Wildman–Crippen LogP) is 2.56. The standard InChI is InChI=1S/C12H15N3O2S/c1-3-16-10-6-4-5-7-11(10)17-8-9-12(13-2)18-15-14-9/h4-7,13H,3,8H2,1-2H3. The van der Waals surface area contributed by atoms with Gasteiger partial charge in [0.25, 0.3) is 0 Å². The Labute approximate surface area is 110 Å². The molecule has 1 aromatic carbocycles. The Morgan fingerprint density at radius 3 is 2.61 bits per heavy atom. The van der Waals surface area contributed by atoms with Crippen LogP contribution in [0.4, 0.5) is 5.00 Å². The fraction of sp³-hybridized carbons (Fsp3) is 0.333. The molecule has 5 nitrogen and oxygen atoms in total. The van der Waals surface area contributed by atoms with Gasteiger partial charge in [0, 0.05) is 18.6 Å². The zero-order valence-electron chi connectivity index (χ0n) is 10.3. The van der Waals surface area contributed by atoms with E-state index in [1.54, 1.807) is 0 Å². The summed E-state index contributed by atoms with van der Waals surface area (Å²) in [7, 11) is 1.84. The Kier molecular flexibility index (Phi) is 4.35. The zero-order chi connectivity index (χ0) is 12.8. The van der Waals surface area contributed by atoms with Crippen LogP contribution in [0.15, 0.2) is 24.3 Å². The second-order valence-electron chi connectivity index (χ2n) is 3.47. The first-order valence-electron chi connectivity index (χ1n) is 5.68. The lowest BCUT2D eigenvalue weighted by Crippen LogP contribution is -2.01. The molecule has 0 aliphatic heterocycles. The molecule has 1 aromatic heterocycles. The van der Waals surface area contributed by atoms with E-state index in [1.165, 1.54) is 11.5 Å². The Hall–Kier alpha value is -1.82. The number of benzene rings is 1. The van der Waals surface area contributed by atoms with Gasteiger partial charge in [-0.05, 0) is 19.1 Å². The van der Waals surface area contributed by atoms with Gasteiger partial charge >= 0.3 is 0 Å². The van der Waals surface area contributed by atoms with Crippen LogP contribution in [0.3, 0.4) is 0 Å². The first-order chi connectivity index (χ1) is 8.85. The highest BCUT2D eigenvalue weighted by Crippen LogP contribution is 2.28. The maximum atomic E-state index is 5.72. The number of nitrogens with zero attached hydrogens (tertiary/aromatic N) is 2. The molecule has 0 aliphatic rings. The molecular formula is C12H15N3O2S. The molecule has 0 radical (unpaired) electrons. The lowest BCUT2D eigenvalue weighted by atomic mass is 10.3. The molecule has 1 heterocycles. The second-order valence-corrected chi connectivity index (χ2v) is 4.22. The van der Waals surface area contributed by atoms with E-state index in [9.17, 15) is 0 Å². The highest BCUT2D eigenvalue weighted by atomic mass is 32.1. The normalized spacial score (nSPS) is 10.1. The fourth-order valence-corrected chi connectivity index (χ4v) is 2.00. The molecule has 0 amide bonds. The molecule has 1 N–H and O–H groups in total. The van der Waals surface area contributed by atoms with Gasteiger partial charge in [0.2, 0.25) is 0 Å². The van der Waals surface area contributed by atoms with Gasteiger partial charge in [-0.25, -0.2) is 0 Å². The van der Waals surface area contributed by atoms with Gasteiger partial charge < -0.3 is 14.8 Å². The summed E-state index contributed by atoms with van der Waals surface area (Å²) in [4.78, 5) is 0. The van der Waals surface area contributed by atoms with Crippen LogP contribution in [0, 0.1) is 0 Å². The molecule has 0 fully saturated rings. The van der Waals surface area contributed by atoms with Crippen LogP contribution >= 0.6 is 11.5 Å². The fourth-order valence-electron chi connectivity index (χ4n) is 1.48. The summed E-state index contributed by atoms with van der Waals surface area (Å²) in [6.07, 6.45) is 0. The number of anilines is 1. The molecule has 18 heavy (non-hydrogen) atoms. The molecule has 0 spiro atoms. The first-order valence-corrected chi connectivity index (χ1v) is 6.46. The third-order valence-corrected chi connectivity index (χ3v) is 3.08. The molecule has 0 atom stereocenters. The predicted molar refractivity (Wildman–Crippen MR) is 71.4 cm³/mol. The van der Waals surface area contributed by atoms with Gasteiger partial charge in [-0.2, -0.15) is 0 Å². The summed E-state index contributed by atoms with van der Waals surface area (Å²) in [6, 6.07) is 7.60. The van der Waals surface area contributed by atoms with Gasteiger partial charge in [-0.15, -0.1) is 5.10 Å². The number of nitrogens with one attached hydrogen (secondary N) is 1.